The molecule has 2 aromatic carbocycles. The van der Waals surface area contributed by atoms with Crippen LogP contribution < -0.4 is 4.74 Å². The maximum atomic E-state index is 12.6. The molecule has 0 aliphatic rings. The molecule has 3 aromatic rings. The van der Waals surface area contributed by atoms with Crippen molar-refractivity contribution in [3.8, 4) is 5.75 Å². The second-order valence-electron chi connectivity index (χ2n) is 5.17. The fraction of sp³-hybridized carbons (Fsp3) is 0.176. The molecule has 23 heavy (non-hydrogen) atoms. The molecule has 0 saturated carbocycles. The van der Waals surface area contributed by atoms with Gasteiger partial charge in [0, 0.05) is 17.5 Å². The molecule has 1 N–H and O–H groups in total. The van der Waals surface area contributed by atoms with Crippen LogP contribution in [0.1, 0.15) is 10.4 Å². The Morgan fingerprint density at radius 1 is 1.30 bits per heavy atom. The molecular weight excluding hydrogens is 314 g/mol. The Morgan fingerprint density at radius 2 is 2.13 bits per heavy atom. The first-order valence-electron chi connectivity index (χ1n) is 7.21. The highest BCUT2D eigenvalue weighted by Crippen LogP contribution is 2.18. The lowest BCUT2D eigenvalue weighted by Gasteiger charge is -2.18. The van der Waals surface area contributed by atoms with E-state index in [9.17, 15) is 4.79 Å². The van der Waals surface area contributed by atoms with Crippen LogP contribution in [-0.2, 0) is 0 Å². The van der Waals surface area contributed by atoms with E-state index < -0.39 is 0 Å². The molecule has 0 fully saturated rings. The topological polar surface area (TPSA) is 58.2 Å². The number of fused-ring (bicyclic) bond motifs is 1. The van der Waals surface area contributed by atoms with E-state index in [0.29, 0.717) is 29.5 Å². The summed E-state index contributed by atoms with van der Waals surface area (Å²) in [5.41, 5.74) is 1.35. The highest BCUT2D eigenvalue weighted by Gasteiger charge is 2.15. The number of aromatic amines is 1. The molecule has 118 valence electrons. The van der Waals surface area contributed by atoms with Gasteiger partial charge in [0.05, 0.1) is 23.8 Å². The number of nitrogens with one attached hydrogen (secondary N) is 1. The first-order valence-corrected chi connectivity index (χ1v) is 7.59. The molecular formula is C17H16ClN3O2. The number of hydrogen-bond donors (Lipinski definition) is 1. The summed E-state index contributed by atoms with van der Waals surface area (Å²) >= 11 is 5.91. The predicted molar refractivity (Wildman–Crippen MR) is 90.0 cm³/mol. The van der Waals surface area contributed by atoms with E-state index in [-0.39, 0.29) is 5.91 Å². The van der Waals surface area contributed by atoms with Crippen molar-refractivity contribution >= 4 is 28.4 Å². The molecule has 0 aliphatic carbocycles. The van der Waals surface area contributed by atoms with E-state index in [1.54, 1.807) is 36.3 Å². The number of amides is 1. The van der Waals surface area contributed by atoms with Gasteiger partial charge in [0.1, 0.15) is 12.4 Å². The summed E-state index contributed by atoms with van der Waals surface area (Å²) < 4.78 is 5.62. The van der Waals surface area contributed by atoms with Gasteiger partial charge < -0.3 is 9.64 Å². The number of ether oxygens (including phenoxy) is 1. The predicted octanol–water partition coefficient (Wildman–Crippen LogP) is 3.37. The van der Waals surface area contributed by atoms with Gasteiger partial charge in [-0.25, -0.2) is 0 Å². The Labute approximate surface area is 138 Å². The minimum Gasteiger partial charge on any atom is -0.492 e. The lowest BCUT2D eigenvalue weighted by atomic mass is 10.1. The second kappa shape index (κ2) is 6.71. The van der Waals surface area contributed by atoms with Crippen LogP contribution >= 0.6 is 11.6 Å². The summed E-state index contributed by atoms with van der Waals surface area (Å²) in [4.78, 5) is 14.2. The van der Waals surface area contributed by atoms with Gasteiger partial charge >= 0.3 is 0 Å². The lowest BCUT2D eigenvalue weighted by molar-refractivity contribution is 0.0775. The Bertz CT molecular complexity index is 831. The van der Waals surface area contributed by atoms with Crippen molar-refractivity contribution in [2.24, 2.45) is 0 Å². The summed E-state index contributed by atoms with van der Waals surface area (Å²) in [7, 11) is 1.75. The van der Waals surface area contributed by atoms with Crippen LogP contribution in [0.3, 0.4) is 0 Å². The third kappa shape index (κ3) is 3.46. The summed E-state index contributed by atoms with van der Waals surface area (Å²) in [6.45, 7) is 0.859. The summed E-state index contributed by atoms with van der Waals surface area (Å²) in [6, 6.07) is 12.7. The maximum absolute atomic E-state index is 12.6. The number of rotatable bonds is 5. The molecule has 1 aromatic heterocycles. The number of benzene rings is 2. The van der Waals surface area contributed by atoms with E-state index in [0.717, 1.165) is 10.9 Å². The van der Waals surface area contributed by atoms with Gasteiger partial charge in [0.2, 0.25) is 0 Å². The molecule has 0 radical (unpaired) electrons. The number of likely N-dealkylation sites (N-methyl/N-ethyl adjacent to an activating group) is 1. The van der Waals surface area contributed by atoms with E-state index in [4.69, 9.17) is 16.3 Å². The first kappa shape index (κ1) is 15.4. The number of carbonyl (C=O) groups excluding carboxylic acids is 1. The Kier molecular flexibility index (Phi) is 4.48. The average Bonchev–Trinajstić information content (AvgIpc) is 3.02. The zero-order valence-electron chi connectivity index (χ0n) is 12.6. The van der Waals surface area contributed by atoms with Gasteiger partial charge in [-0.2, -0.15) is 5.10 Å². The number of carbonyl (C=O) groups is 1. The molecule has 6 heteroatoms. The van der Waals surface area contributed by atoms with Crippen LogP contribution in [0, 0.1) is 0 Å². The largest absolute Gasteiger partial charge is 0.492 e. The van der Waals surface area contributed by atoms with Gasteiger partial charge in [0.15, 0.2) is 0 Å². The van der Waals surface area contributed by atoms with Crippen molar-refractivity contribution in [1.82, 2.24) is 15.1 Å². The van der Waals surface area contributed by atoms with E-state index in [1.165, 1.54) is 0 Å². The Hall–Kier alpha value is -2.53. The molecule has 1 amide bonds. The zero-order valence-corrected chi connectivity index (χ0v) is 13.4. The number of H-pyrrole nitrogens is 1. The molecule has 0 unspecified atom stereocenters. The van der Waals surface area contributed by atoms with Crippen molar-refractivity contribution in [2.45, 2.75) is 0 Å². The van der Waals surface area contributed by atoms with Crippen LogP contribution in [0.4, 0.5) is 0 Å². The van der Waals surface area contributed by atoms with E-state index in [1.807, 2.05) is 24.3 Å². The number of halogens is 1. The quantitative estimate of drug-likeness (QED) is 0.780. The highest BCUT2D eigenvalue weighted by atomic mass is 35.5. The molecule has 1 heterocycles. The fourth-order valence-corrected chi connectivity index (χ4v) is 2.49. The molecule has 0 aliphatic heterocycles. The van der Waals surface area contributed by atoms with Crippen LogP contribution in [0.25, 0.3) is 10.9 Å². The Balaban J connectivity index is 1.63. The van der Waals surface area contributed by atoms with Gasteiger partial charge in [-0.05, 0) is 24.3 Å². The third-order valence-electron chi connectivity index (χ3n) is 3.55. The van der Waals surface area contributed by atoms with Crippen molar-refractivity contribution in [3.05, 3.63) is 59.2 Å². The second-order valence-corrected chi connectivity index (χ2v) is 5.61. The van der Waals surface area contributed by atoms with Crippen LogP contribution in [0.15, 0.2) is 48.7 Å². The number of aromatic nitrogens is 2. The monoisotopic (exact) mass is 329 g/mol. The minimum absolute atomic E-state index is 0.0745. The van der Waals surface area contributed by atoms with Crippen LogP contribution in [-0.4, -0.2) is 41.2 Å². The highest BCUT2D eigenvalue weighted by molar-refractivity contribution is 6.30. The third-order valence-corrected chi connectivity index (χ3v) is 3.78. The first-order chi connectivity index (χ1) is 11.1. The zero-order chi connectivity index (χ0) is 16.2. The molecule has 0 atom stereocenters. The van der Waals surface area contributed by atoms with Gasteiger partial charge in [-0.3, -0.25) is 9.89 Å². The van der Waals surface area contributed by atoms with Gasteiger partial charge in [0.25, 0.3) is 5.91 Å². The van der Waals surface area contributed by atoms with Crippen LogP contribution in [0.5, 0.6) is 5.75 Å². The maximum Gasteiger partial charge on any atom is 0.255 e. The minimum atomic E-state index is -0.0745. The molecule has 0 saturated heterocycles. The number of para-hydroxylation sites is 1. The number of nitrogens with zero attached hydrogens (tertiary/aromatic N) is 2. The average molecular weight is 330 g/mol. The van der Waals surface area contributed by atoms with Crippen molar-refractivity contribution in [1.29, 1.82) is 0 Å². The molecule has 5 nitrogen and oxygen atoms in total. The fourth-order valence-electron chi connectivity index (χ4n) is 2.31. The smallest absolute Gasteiger partial charge is 0.255 e. The van der Waals surface area contributed by atoms with Gasteiger partial charge in [-0.15, -0.1) is 0 Å². The Morgan fingerprint density at radius 3 is 2.96 bits per heavy atom. The molecule has 0 spiro atoms. The van der Waals surface area contributed by atoms with Crippen LogP contribution in [0.2, 0.25) is 5.02 Å². The SMILES string of the molecule is CN(CCOc1cccc(Cl)c1)C(=O)c1cccc2cn[nH]c12. The summed E-state index contributed by atoms with van der Waals surface area (Å²) in [5.74, 6) is 0.614. The van der Waals surface area contributed by atoms with Crippen molar-refractivity contribution in [2.75, 3.05) is 20.2 Å². The molecule has 3 rings (SSSR count). The summed E-state index contributed by atoms with van der Waals surface area (Å²) in [5, 5.41) is 8.39. The standard InChI is InChI=1S/C17H16ClN3O2/c1-21(8-9-23-14-6-3-5-13(18)10-14)17(22)15-7-2-4-12-11-19-20-16(12)15/h2-7,10-11H,8-9H2,1H3,(H,19,20). The summed E-state index contributed by atoms with van der Waals surface area (Å²) in [6.07, 6.45) is 1.70. The normalized spacial score (nSPS) is 10.7. The number of hydrogen-bond acceptors (Lipinski definition) is 3. The van der Waals surface area contributed by atoms with Gasteiger partial charge in [-0.1, -0.05) is 29.8 Å². The van der Waals surface area contributed by atoms with Crippen molar-refractivity contribution in [3.63, 3.8) is 0 Å². The van der Waals surface area contributed by atoms with Crippen molar-refractivity contribution < 1.29 is 9.53 Å². The lowest BCUT2D eigenvalue weighted by Crippen LogP contribution is -2.31. The van der Waals surface area contributed by atoms with E-state index in [2.05, 4.69) is 10.2 Å². The van der Waals surface area contributed by atoms with E-state index >= 15 is 0 Å². The molecule has 0 bridgehead atoms.